The Hall–Kier alpha value is -1.43. The Balaban J connectivity index is 1.84. The molecular formula is C13H23N5O. The molecule has 1 aliphatic carbocycles. The molecule has 0 aliphatic heterocycles. The van der Waals surface area contributed by atoms with Crippen LogP contribution in [0.25, 0.3) is 0 Å². The maximum atomic E-state index is 12.3. The lowest BCUT2D eigenvalue weighted by Crippen LogP contribution is -2.47. The quantitative estimate of drug-likeness (QED) is 0.806. The lowest BCUT2D eigenvalue weighted by atomic mass is 9.73. The van der Waals surface area contributed by atoms with E-state index in [9.17, 15) is 4.79 Å². The summed E-state index contributed by atoms with van der Waals surface area (Å²) in [5.74, 6) is 0.989. The lowest BCUT2D eigenvalue weighted by molar-refractivity contribution is -0.132. The molecule has 19 heavy (non-hydrogen) atoms. The fourth-order valence-corrected chi connectivity index (χ4v) is 2.76. The molecule has 1 aromatic heterocycles. The van der Waals surface area contributed by atoms with E-state index >= 15 is 0 Å². The van der Waals surface area contributed by atoms with Gasteiger partial charge < -0.3 is 15.6 Å². The molecule has 0 spiro atoms. The zero-order chi connectivity index (χ0) is 13.7. The molecular weight excluding hydrogens is 242 g/mol. The minimum Gasteiger partial charge on any atom is -0.355 e. The summed E-state index contributed by atoms with van der Waals surface area (Å²) in [7, 11) is 1.90. The highest BCUT2D eigenvalue weighted by Gasteiger charge is 2.37. The van der Waals surface area contributed by atoms with Crippen molar-refractivity contribution in [2.45, 2.75) is 38.5 Å². The molecule has 0 atom stereocenters. The standard InChI is InChI=1S/C13H23N5O/c1-18-10-16-17-11(18)5-8-15-12(19)13(9-14)6-3-2-4-7-13/h10H,2-9,14H2,1H3,(H,15,19). The number of hydrogen-bond acceptors (Lipinski definition) is 4. The second-order valence-corrected chi connectivity index (χ2v) is 5.41. The van der Waals surface area contributed by atoms with E-state index in [1.807, 2.05) is 11.6 Å². The topological polar surface area (TPSA) is 85.8 Å². The Morgan fingerprint density at radius 1 is 1.47 bits per heavy atom. The summed E-state index contributed by atoms with van der Waals surface area (Å²) in [4.78, 5) is 12.3. The van der Waals surface area contributed by atoms with Crippen LogP contribution < -0.4 is 11.1 Å². The van der Waals surface area contributed by atoms with Crippen molar-refractivity contribution in [3.05, 3.63) is 12.2 Å². The fraction of sp³-hybridized carbons (Fsp3) is 0.769. The number of nitrogens with two attached hydrogens (primary N) is 1. The number of carbonyl (C=O) groups excluding carboxylic acids is 1. The number of nitrogens with zero attached hydrogens (tertiary/aromatic N) is 3. The Morgan fingerprint density at radius 2 is 2.21 bits per heavy atom. The van der Waals surface area contributed by atoms with Crippen molar-refractivity contribution in [3.8, 4) is 0 Å². The predicted molar refractivity (Wildman–Crippen MR) is 72.3 cm³/mol. The molecule has 0 unspecified atom stereocenters. The summed E-state index contributed by atoms with van der Waals surface area (Å²) in [6.45, 7) is 1.04. The minimum absolute atomic E-state index is 0.108. The molecule has 0 aromatic carbocycles. The number of nitrogens with one attached hydrogen (secondary N) is 1. The second kappa shape index (κ2) is 6.14. The van der Waals surface area contributed by atoms with Crippen molar-refractivity contribution >= 4 is 5.91 Å². The fourth-order valence-electron chi connectivity index (χ4n) is 2.76. The van der Waals surface area contributed by atoms with Crippen molar-refractivity contribution < 1.29 is 4.79 Å². The smallest absolute Gasteiger partial charge is 0.227 e. The van der Waals surface area contributed by atoms with Gasteiger partial charge in [0.05, 0.1) is 5.41 Å². The molecule has 1 aliphatic rings. The summed E-state index contributed by atoms with van der Waals surface area (Å²) < 4.78 is 1.87. The molecule has 0 bridgehead atoms. The van der Waals surface area contributed by atoms with Crippen LogP contribution in [-0.2, 0) is 18.3 Å². The molecule has 6 heteroatoms. The monoisotopic (exact) mass is 265 g/mol. The molecule has 106 valence electrons. The van der Waals surface area contributed by atoms with Gasteiger partial charge in [-0.15, -0.1) is 10.2 Å². The molecule has 1 amide bonds. The zero-order valence-corrected chi connectivity index (χ0v) is 11.6. The summed E-state index contributed by atoms with van der Waals surface area (Å²) in [5.41, 5.74) is 5.51. The highest BCUT2D eigenvalue weighted by atomic mass is 16.2. The van der Waals surface area contributed by atoms with Crippen LogP contribution in [0.15, 0.2) is 6.33 Å². The Kier molecular flexibility index (Phi) is 4.52. The second-order valence-electron chi connectivity index (χ2n) is 5.41. The molecule has 1 aromatic rings. The van der Waals surface area contributed by atoms with Crippen LogP contribution in [0.4, 0.5) is 0 Å². The first-order valence-electron chi connectivity index (χ1n) is 6.99. The van der Waals surface area contributed by atoms with Gasteiger partial charge >= 0.3 is 0 Å². The van der Waals surface area contributed by atoms with Crippen LogP contribution in [0.3, 0.4) is 0 Å². The van der Waals surface area contributed by atoms with Crippen molar-refractivity contribution in [1.29, 1.82) is 0 Å². The predicted octanol–water partition coefficient (Wildman–Crippen LogP) is 0.383. The van der Waals surface area contributed by atoms with Gasteiger partial charge in [-0.3, -0.25) is 4.79 Å². The van der Waals surface area contributed by atoms with Gasteiger partial charge in [0.2, 0.25) is 5.91 Å². The van der Waals surface area contributed by atoms with Crippen molar-refractivity contribution in [2.24, 2.45) is 18.2 Å². The number of amides is 1. The first-order chi connectivity index (χ1) is 9.18. The van der Waals surface area contributed by atoms with E-state index in [0.29, 0.717) is 19.5 Å². The number of carbonyl (C=O) groups is 1. The van der Waals surface area contributed by atoms with Gasteiger partial charge in [-0.1, -0.05) is 19.3 Å². The van der Waals surface area contributed by atoms with Gasteiger partial charge in [0, 0.05) is 26.6 Å². The zero-order valence-electron chi connectivity index (χ0n) is 11.6. The third kappa shape index (κ3) is 3.12. The molecule has 1 heterocycles. The molecule has 6 nitrogen and oxygen atoms in total. The molecule has 0 saturated heterocycles. The van der Waals surface area contributed by atoms with Crippen molar-refractivity contribution in [1.82, 2.24) is 20.1 Å². The summed E-state index contributed by atoms with van der Waals surface area (Å²) in [5, 5.41) is 10.8. The normalized spacial score (nSPS) is 18.2. The van der Waals surface area contributed by atoms with Gasteiger partial charge in [-0.2, -0.15) is 0 Å². The number of hydrogen-bond donors (Lipinski definition) is 2. The van der Waals surface area contributed by atoms with Gasteiger partial charge in [0.25, 0.3) is 0 Å². The maximum Gasteiger partial charge on any atom is 0.227 e. The highest BCUT2D eigenvalue weighted by molar-refractivity contribution is 5.83. The number of rotatable bonds is 5. The summed E-state index contributed by atoms with van der Waals surface area (Å²) in [6, 6.07) is 0. The van der Waals surface area contributed by atoms with Crippen LogP contribution in [0.1, 0.15) is 37.9 Å². The van der Waals surface area contributed by atoms with Crippen LogP contribution in [0.5, 0.6) is 0 Å². The average Bonchev–Trinajstić information content (AvgIpc) is 2.85. The maximum absolute atomic E-state index is 12.3. The third-order valence-corrected chi connectivity index (χ3v) is 4.12. The van der Waals surface area contributed by atoms with E-state index in [1.54, 1.807) is 6.33 Å². The van der Waals surface area contributed by atoms with Crippen molar-refractivity contribution in [3.63, 3.8) is 0 Å². The molecule has 1 saturated carbocycles. The molecule has 3 N–H and O–H groups in total. The largest absolute Gasteiger partial charge is 0.355 e. The minimum atomic E-state index is -0.335. The van der Waals surface area contributed by atoms with E-state index in [0.717, 1.165) is 31.5 Å². The van der Waals surface area contributed by atoms with E-state index < -0.39 is 0 Å². The Labute approximate surface area is 113 Å². The first-order valence-corrected chi connectivity index (χ1v) is 6.99. The first kappa shape index (κ1) is 14.0. The van der Waals surface area contributed by atoms with Crippen LogP contribution in [0, 0.1) is 5.41 Å². The van der Waals surface area contributed by atoms with E-state index in [2.05, 4.69) is 15.5 Å². The molecule has 2 rings (SSSR count). The summed E-state index contributed by atoms with van der Waals surface area (Å²) >= 11 is 0. The molecule has 1 fully saturated rings. The SMILES string of the molecule is Cn1cnnc1CCNC(=O)C1(CN)CCCCC1. The van der Waals surface area contributed by atoms with Gasteiger partial charge in [-0.25, -0.2) is 0 Å². The molecule has 0 radical (unpaired) electrons. The van der Waals surface area contributed by atoms with E-state index in [4.69, 9.17) is 5.73 Å². The van der Waals surface area contributed by atoms with Gasteiger partial charge in [0.15, 0.2) is 0 Å². The van der Waals surface area contributed by atoms with Crippen LogP contribution in [-0.4, -0.2) is 33.8 Å². The number of aryl methyl sites for hydroxylation is 1. The van der Waals surface area contributed by atoms with Gasteiger partial charge in [-0.05, 0) is 12.8 Å². The van der Waals surface area contributed by atoms with E-state index in [-0.39, 0.29) is 11.3 Å². The van der Waals surface area contributed by atoms with Crippen LogP contribution in [0.2, 0.25) is 0 Å². The van der Waals surface area contributed by atoms with Gasteiger partial charge in [0.1, 0.15) is 12.2 Å². The Bertz CT molecular complexity index is 422. The third-order valence-electron chi connectivity index (χ3n) is 4.12. The van der Waals surface area contributed by atoms with Crippen LogP contribution >= 0.6 is 0 Å². The van der Waals surface area contributed by atoms with Crippen molar-refractivity contribution in [2.75, 3.05) is 13.1 Å². The van der Waals surface area contributed by atoms with E-state index in [1.165, 1.54) is 6.42 Å². The number of aromatic nitrogens is 3. The average molecular weight is 265 g/mol. The highest BCUT2D eigenvalue weighted by Crippen LogP contribution is 2.35. The lowest BCUT2D eigenvalue weighted by Gasteiger charge is -2.34. The Morgan fingerprint density at radius 3 is 2.79 bits per heavy atom. The summed E-state index contributed by atoms with van der Waals surface area (Å²) in [6.07, 6.45) is 7.62.